The lowest BCUT2D eigenvalue weighted by Crippen LogP contribution is -2.55. The largest absolute Gasteiger partial charge is 0.497 e. The van der Waals surface area contributed by atoms with Gasteiger partial charge >= 0.3 is 0 Å². The summed E-state index contributed by atoms with van der Waals surface area (Å²) in [7, 11) is 1.63. The highest BCUT2D eigenvalue weighted by atomic mass is 16.5. The number of hydrogen-bond acceptors (Lipinski definition) is 5. The van der Waals surface area contributed by atoms with Gasteiger partial charge in [-0.05, 0) is 43.3 Å². The van der Waals surface area contributed by atoms with Crippen molar-refractivity contribution in [1.82, 2.24) is 9.80 Å². The SMILES string of the molecule is COc1ccc(N2CCN(C(=O)[C@H](C)N3C(=O)c4ccccc4C3=O)CC2)cc1. The molecule has 0 unspecified atom stereocenters. The third-order valence-electron chi connectivity index (χ3n) is 5.60. The molecule has 2 aromatic rings. The Morgan fingerprint density at radius 3 is 1.97 bits per heavy atom. The molecule has 150 valence electrons. The second-order valence-corrected chi connectivity index (χ2v) is 7.21. The standard InChI is InChI=1S/C22H23N3O4/c1-15(25-21(27)18-5-3-4-6-19(18)22(25)28)20(26)24-13-11-23(12-14-24)16-7-9-17(29-2)10-8-16/h3-10,15H,11-14H2,1-2H3/t15-/m0/s1. The van der Waals surface area contributed by atoms with Crippen LogP contribution in [0.2, 0.25) is 0 Å². The van der Waals surface area contributed by atoms with E-state index in [2.05, 4.69) is 4.90 Å². The van der Waals surface area contributed by atoms with Gasteiger partial charge in [-0.3, -0.25) is 19.3 Å². The van der Waals surface area contributed by atoms with Crippen LogP contribution in [0.25, 0.3) is 0 Å². The normalized spacial score (nSPS) is 17.4. The minimum Gasteiger partial charge on any atom is -0.497 e. The molecule has 2 aromatic carbocycles. The van der Waals surface area contributed by atoms with Crippen LogP contribution >= 0.6 is 0 Å². The Labute approximate surface area is 169 Å². The molecule has 2 aliphatic rings. The number of methoxy groups -OCH3 is 1. The van der Waals surface area contributed by atoms with E-state index in [0.717, 1.165) is 16.3 Å². The van der Waals surface area contributed by atoms with Gasteiger partial charge in [0, 0.05) is 31.9 Å². The Balaban J connectivity index is 1.41. The average Bonchev–Trinajstić information content (AvgIpc) is 3.03. The molecule has 0 spiro atoms. The Morgan fingerprint density at radius 2 is 1.45 bits per heavy atom. The molecular weight excluding hydrogens is 370 g/mol. The zero-order chi connectivity index (χ0) is 20.5. The fourth-order valence-corrected chi connectivity index (χ4v) is 3.91. The number of carbonyl (C=O) groups excluding carboxylic acids is 3. The number of imide groups is 1. The fraction of sp³-hybridized carbons (Fsp3) is 0.318. The summed E-state index contributed by atoms with van der Waals surface area (Å²) in [6.45, 7) is 4.08. The van der Waals surface area contributed by atoms with Crippen LogP contribution < -0.4 is 9.64 Å². The summed E-state index contributed by atoms with van der Waals surface area (Å²) >= 11 is 0. The van der Waals surface area contributed by atoms with Gasteiger partial charge in [0.1, 0.15) is 11.8 Å². The number of piperazine rings is 1. The van der Waals surface area contributed by atoms with Gasteiger partial charge in [0.2, 0.25) is 5.91 Å². The molecule has 0 aromatic heterocycles. The summed E-state index contributed by atoms with van der Waals surface area (Å²) in [5, 5.41) is 0. The smallest absolute Gasteiger partial charge is 0.262 e. The van der Waals surface area contributed by atoms with Crippen molar-refractivity contribution in [3.05, 3.63) is 59.7 Å². The molecular formula is C22H23N3O4. The molecule has 7 heteroatoms. The summed E-state index contributed by atoms with van der Waals surface area (Å²) < 4.78 is 5.19. The Hall–Kier alpha value is -3.35. The van der Waals surface area contributed by atoms with Crippen LogP contribution in [0.4, 0.5) is 5.69 Å². The summed E-state index contributed by atoms with van der Waals surface area (Å²) in [6.07, 6.45) is 0. The minimum atomic E-state index is -0.824. The van der Waals surface area contributed by atoms with Crippen LogP contribution in [0, 0.1) is 0 Å². The summed E-state index contributed by atoms with van der Waals surface area (Å²) in [5.74, 6) is -0.196. The molecule has 2 heterocycles. The highest BCUT2D eigenvalue weighted by Crippen LogP contribution is 2.26. The molecule has 0 aliphatic carbocycles. The quantitative estimate of drug-likeness (QED) is 0.744. The number of rotatable bonds is 4. The van der Waals surface area contributed by atoms with Crippen molar-refractivity contribution in [2.45, 2.75) is 13.0 Å². The predicted molar refractivity (Wildman–Crippen MR) is 108 cm³/mol. The van der Waals surface area contributed by atoms with E-state index in [0.29, 0.717) is 37.3 Å². The van der Waals surface area contributed by atoms with Gasteiger partial charge in [-0.2, -0.15) is 0 Å². The molecule has 0 bridgehead atoms. The van der Waals surface area contributed by atoms with E-state index < -0.39 is 17.9 Å². The van der Waals surface area contributed by atoms with Crippen LogP contribution in [0.1, 0.15) is 27.6 Å². The van der Waals surface area contributed by atoms with Gasteiger partial charge in [0.15, 0.2) is 0 Å². The van der Waals surface area contributed by atoms with Crippen LogP contribution in [-0.4, -0.2) is 66.9 Å². The van der Waals surface area contributed by atoms with Gasteiger partial charge < -0.3 is 14.5 Å². The zero-order valence-electron chi connectivity index (χ0n) is 16.5. The average molecular weight is 393 g/mol. The molecule has 1 atom stereocenters. The van der Waals surface area contributed by atoms with Gasteiger partial charge in [-0.15, -0.1) is 0 Å². The van der Waals surface area contributed by atoms with Crippen molar-refractivity contribution in [2.24, 2.45) is 0 Å². The molecule has 3 amide bonds. The number of amides is 3. The zero-order valence-corrected chi connectivity index (χ0v) is 16.5. The molecule has 0 N–H and O–H groups in total. The molecule has 7 nitrogen and oxygen atoms in total. The molecule has 0 radical (unpaired) electrons. The van der Waals surface area contributed by atoms with Crippen molar-refractivity contribution in [3.8, 4) is 5.75 Å². The monoisotopic (exact) mass is 393 g/mol. The maximum Gasteiger partial charge on any atom is 0.262 e. The second-order valence-electron chi connectivity index (χ2n) is 7.21. The second kappa shape index (κ2) is 7.58. The summed E-state index contributed by atoms with van der Waals surface area (Å²) in [4.78, 5) is 43.3. The third kappa shape index (κ3) is 3.33. The van der Waals surface area contributed by atoms with Crippen LogP contribution in [-0.2, 0) is 4.79 Å². The van der Waals surface area contributed by atoms with E-state index in [1.165, 1.54) is 0 Å². The maximum absolute atomic E-state index is 13.0. The number of hydrogen-bond donors (Lipinski definition) is 0. The van der Waals surface area contributed by atoms with E-state index in [1.54, 1.807) is 43.2 Å². The first-order valence-corrected chi connectivity index (χ1v) is 9.66. The van der Waals surface area contributed by atoms with E-state index in [1.807, 2.05) is 24.3 Å². The molecule has 4 rings (SSSR count). The summed E-state index contributed by atoms with van der Waals surface area (Å²) in [6, 6.07) is 13.7. The highest BCUT2D eigenvalue weighted by molar-refractivity contribution is 6.22. The number of nitrogens with zero attached hydrogens (tertiary/aromatic N) is 3. The number of benzene rings is 2. The molecule has 0 saturated carbocycles. The third-order valence-corrected chi connectivity index (χ3v) is 5.60. The van der Waals surface area contributed by atoms with Gasteiger partial charge in [0.05, 0.1) is 18.2 Å². The number of anilines is 1. The molecule has 2 aliphatic heterocycles. The summed E-state index contributed by atoms with van der Waals surface area (Å²) in [5.41, 5.74) is 1.80. The van der Waals surface area contributed by atoms with Gasteiger partial charge in [-0.1, -0.05) is 12.1 Å². The Kier molecular flexibility index (Phi) is 4.96. The highest BCUT2D eigenvalue weighted by Gasteiger charge is 2.42. The van der Waals surface area contributed by atoms with Crippen LogP contribution in [0.3, 0.4) is 0 Å². The molecule has 1 saturated heterocycles. The van der Waals surface area contributed by atoms with E-state index >= 15 is 0 Å². The van der Waals surface area contributed by atoms with E-state index in [9.17, 15) is 14.4 Å². The first-order chi connectivity index (χ1) is 14.0. The number of fused-ring (bicyclic) bond motifs is 1. The van der Waals surface area contributed by atoms with E-state index in [-0.39, 0.29) is 5.91 Å². The lowest BCUT2D eigenvalue weighted by molar-refractivity contribution is -0.135. The van der Waals surface area contributed by atoms with E-state index in [4.69, 9.17) is 4.74 Å². The van der Waals surface area contributed by atoms with Crippen molar-refractivity contribution in [1.29, 1.82) is 0 Å². The van der Waals surface area contributed by atoms with Gasteiger partial charge in [-0.25, -0.2) is 0 Å². The van der Waals surface area contributed by atoms with Crippen molar-refractivity contribution >= 4 is 23.4 Å². The maximum atomic E-state index is 13.0. The van der Waals surface area contributed by atoms with Crippen LogP contribution in [0.15, 0.2) is 48.5 Å². The number of carbonyl (C=O) groups is 3. The van der Waals surface area contributed by atoms with Crippen molar-refractivity contribution in [3.63, 3.8) is 0 Å². The van der Waals surface area contributed by atoms with Gasteiger partial charge in [0.25, 0.3) is 11.8 Å². The Morgan fingerprint density at radius 1 is 0.897 bits per heavy atom. The topological polar surface area (TPSA) is 70.2 Å². The first-order valence-electron chi connectivity index (χ1n) is 9.66. The fourth-order valence-electron chi connectivity index (χ4n) is 3.91. The lowest BCUT2D eigenvalue weighted by atomic mass is 10.1. The molecule has 1 fully saturated rings. The first kappa shape index (κ1) is 19.0. The number of ether oxygens (including phenoxy) is 1. The predicted octanol–water partition coefficient (Wildman–Crippen LogP) is 2.03. The minimum absolute atomic E-state index is 0.200. The Bertz CT molecular complexity index is 914. The molecule has 29 heavy (non-hydrogen) atoms. The van der Waals surface area contributed by atoms with Crippen molar-refractivity contribution in [2.75, 3.05) is 38.2 Å². The van der Waals surface area contributed by atoms with Crippen LogP contribution in [0.5, 0.6) is 5.75 Å². The van der Waals surface area contributed by atoms with Crippen molar-refractivity contribution < 1.29 is 19.1 Å². The lowest BCUT2D eigenvalue weighted by Gasteiger charge is -2.38.